The Hall–Kier alpha value is -4.35. The summed E-state index contributed by atoms with van der Waals surface area (Å²) in [7, 11) is 2.16. The van der Waals surface area contributed by atoms with Crippen LogP contribution in [0.1, 0.15) is 36.9 Å². The van der Waals surface area contributed by atoms with Gasteiger partial charge in [-0.3, -0.25) is 9.78 Å². The highest BCUT2D eigenvalue weighted by Gasteiger charge is 2.17. The van der Waals surface area contributed by atoms with Gasteiger partial charge in [-0.25, -0.2) is 9.97 Å². The Morgan fingerprint density at radius 3 is 2.61 bits per heavy atom. The number of likely N-dealkylation sites (tertiary alicyclic amines) is 1. The predicted octanol–water partition coefficient (Wildman–Crippen LogP) is 4.57. The molecule has 1 saturated heterocycles. The quantitative estimate of drug-likeness (QED) is 0.362. The molecular weight excluding hydrogens is 476 g/mol. The smallest absolute Gasteiger partial charge is 0.251 e. The van der Waals surface area contributed by atoms with Gasteiger partial charge >= 0.3 is 0 Å². The zero-order chi connectivity index (χ0) is 26.5. The lowest BCUT2D eigenvalue weighted by atomic mass is 9.98. The van der Waals surface area contributed by atoms with E-state index in [0.717, 1.165) is 42.6 Å². The molecule has 192 valence electrons. The summed E-state index contributed by atoms with van der Waals surface area (Å²) in [5.74, 6) is 1.84. The van der Waals surface area contributed by atoms with Crippen LogP contribution in [0.2, 0.25) is 0 Å². The molecule has 5 rings (SSSR count). The minimum absolute atomic E-state index is 0.120. The first kappa shape index (κ1) is 25.3. The van der Waals surface area contributed by atoms with Crippen molar-refractivity contribution in [2.75, 3.05) is 26.7 Å². The van der Waals surface area contributed by atoms with Crippen molar-refractivity contribution in [3.63, 3.8) is 0 Å². The summed E-state index contributed by atoms with van der Waals surface area (Å²) in [6.45, 7) is 4.89. The second-order valence-electron chi connectivity index (χ2n) is 9.81. The van der Waals surface area contributed by atoms with Crippen LogP contribution in [-0.2, 0) is 0 Å². The first-order chi connectivity index (χ1) is 18.5. The van der Waals surface area contributed by atoms with Crippen LogP contribution in [0.25, 0.3) is 22.6 Å². The number of benzene rings is 1. The second kappa shape index (κ2) is 11.4. The van der Waals surface area contributed by atoms with Gasteiger partial charge in [0.2, 0.25) is 0 Å². The zero-order valence-corrected chi connectivity index (χ0v) is 21.6. The standard InChI is InChI=1S/C30H30N6O2/c1-21(36-19-26(6-7-29(36)37)28-14-23(16-31)8-11-32-28)24-4-3-5-25(15-24)30-33-17-27(18-34-30)38-20-22-9-12-35(2)13-10-22/h3-8,11,14-15,17-19,21-22H,9-10,12-13,20H2,1-2H3/t21-/m1/s1. The van der Waals surface area contributed by atoms with E-state index in [2.05, 4.69) is 33.0 Å². The number of nitrogens with zero attached hydrogens (tertiary/aromatic N) is 6. The zero-order valence-electron chi connectivity index (χ0n) is 21.6. The number of piperidine rings is 1. The topological polar surface area (TPSA) is 96.9 Å². The molecule has 1 aliphatic rings. The lowest BCUT2D eigenvalue weighted by molar-refractivity contribution is 0.159. The van der Waals surface area contributed by atoms with E-state index in [1.54, 1.807) is 47.6 Å². The molecule has 1 fully saturated rings. The van der Waals surface area contributed by atoms with Crippen molar-refractivity contribution in [1.82, 2.24) is 24.4 Å². The van der Waals surface area contributed by atoms with Gasteiger partial charge in [-0.15, -0.1) is 0 Å². The van der Waals surface area contributed by atoms with Crippen molar-refractivity contribution in [3.8, 4) is 34.5 Å². The molecule has 1 aromatic carbocycles. The molecule has 4 aromatic rings. The molecule has 3 aromatic heterocycles. The third kappa shape index (κ3) is 5.79. The Labute approximate surface area is 222 Å². The SMILES string of the molecule is C[C@H](c1cccc(-c2ncc(OCC3CCN(C)CC3)cn2)c1)n1cc(-c2cc(C#N)ccn2)ccc1=O. The van der Waals surface area contributed by atoms with Gasteiger partial charge in [0, 0.05) is 29.6 Å². The maximum atomic E-state index is 12.8. The van der Waals surface area contributed by atoms with Gasteiger partial charge in [-0.05, 0) is 75.6 Å². The van der Waals surface area contributed by atoms with Crippen LogP contribution in [-0.4, -0.2) is 51.2 Å². The lowest BCUT2D eigenvalue weighted by Crippen LogP contribution is -2.32. The molecule has 8 heteroatoms. The third-order valence-electron chi connectivity index (χ3n) is 7.12. The maximum absolute atomic E-state index is 12.8. The minimum atomic E-state index is -0.237. The summed E-state index contributed by atoms with van der Waals surface area (Å²) in [4.78, 5) is 28.6. The highest BCUT2D eigenvalue weighted by molar-refractivity contribution is 5.60. The van der Waals surface area contributed by atoms with Crippen LogP contribution in [0, 0.1) is 17.2 Å². The summed E-state index contributed by atoms with van der Waals surface area (Å²) >= 11 is 0. The summed E-state index contributed by atoms with van der Waals surface area (Å²) in [5.41, 5.74) is 3.63. The van der Waals surface area contributed by atoms with Gasteiger partial charge in [0.1, 0.15) is 0 Å². The van der Waals surface area contributed by atoms with Crippen LogP contribution in [0.4, 0.5) is 0 Å². The first-order valence-electron chi connectivity index (χ1n) is 12.8. The molecular formula is C30H30N6O2. The molecule has 0 spiro atoms. The van der Waals surface area contributed by atoms with E-state index in [-0.39, 0.29) is 11.6 Å². The monoisotopic (exact) mass is 506 g/mol. The number of rotatable bonds is 7. The van der Waals surface area contributed by atoms with Crippen molar-refractivity contribution in [2.45, 2.75) is 25.8 Å². The van der Waals surface area contributed by atoms with Gasteiger partial charge in [0.25, 0.3) is 5.56 Å². The summed E-state index contributed by atoms with van der Waals surface area (Å²) in [5, 5.41) is 9.22. The Balaban J connectivity index is 1.32. The Morgan fingerprint density at radius 1 is 1.05 bits per heavy atom. The van der Waals surface area contributed by atoms with Gasteiger partial charge in [0.15, 0.2) is 11.6 Å². The molecule has 0 saturated carbocycles. The Morgan fingerprint density at radius 2 is 1.84 bits per heavy atom. The molecule has 1 atom stereocenters. The highest BCUT2D eigenvalue weighted by Crippen LogP contribution is 2.25. The van der Waals surface area contributed by atoms with Crippen LogP contribution in [0.5, 0.6) is 5.75 Å². The van der Waals surface area contributed by atoms with Crippen LogP contribution >= 0.6 is 0 Å². The van der Waals surface area contributed by atoms with E-state index in [1.807, 2.05) is 31.2 Å². The molecule has 0 radical (unpaired) electrons. The molecule has 0 aliphatic carbocycles. The minimum Gasteiger partial charge on any atom is -0.490 e. The molecule has 0 amide bonds. The van der Waals surface area contributed by atoms with E-state index in [1.165, 1.54) is 6.07 Å². The Bertz CT molecular complexity index is 1500. The fraction of sp³-hybridized carbons (Fsp3) is 0.300. The number of pyridine rings is 2. The normalized spacial score (nSPS) is 15.1. The van der Waals surface area contributed by atoms with Gasteiger partial charge in [0.05, 0.1) is 42.4 Å². The molecule has 1 aliphatic heterocycles. The summed E-state index contributed by atoms with van der Waals surface area (Å²) < 4.78 is 7.64. The van der Waals surface area contributed by atoms with E-state index < -0.39 is 0 Å². The van der Waals surface area contributed by atoms with Crippen molar-refractivity contribution in [2.24, 2.45) is 5.92 Å². The lowest BCUT2D eigenvalue weighted by Gasteiger charge is -2.28. The number of aromatic nitrogens is 4. The average Bonchev–Trinajstić information content (AvgIpc) is 2.97. The molecule has 0 bridgehead atoms. The second-order valence-corrected chi connectivity index (χ2v) is 9.81. The summed E-state index contributed by atoms with van der Waals surface area (Å²) in [6, 6.07) is 16.4. The van der Waals surface area contributed by atoms with Crippen LogP contribution in [0.3, 0.4) is 0 Å². The maximum Gasteiger partial charge on any atom is 0.251 e. The average molecular weight is 507 g/mol. The van der Waals surface area contributed by atoms with Gasteiger partial charge in [-0.1, -0.05) is 18.2 Å². The number of nitriles is 1. The fourth-order valence-corrected chi connectivity index (χ4v) is 4.70. The predicted molar refractivity (Wildman–Crippen MR) is 146 cm³/mol. The van der Waals surface area contributed by atoms with E-state index in [4.69, 9.17) is 4.74 Å². The first-order valence-corrected chi connectivity index (χ1v) is 12.8. The van der Waals surface area contributed by atoms with Crippen LogP contribution in [0.15, 0.2) is 78.1 Å². The van der Waals surface area contributed by atoms with E-state index in [9.17, 15) is 10.1 Å². The Kier molecular flexibility index (Phi) is 7.57. The van der Waals surface area contributed by atoms with Crippen molar-refractivity contribution < 1.29 is 4.74 Å². The van der Waals surface area contributed by atoms with Crippen molar-refractivity contribution >= 4 is 0 Å². The summed E-state index contributed by atoms with van der Waals surface area (Å²) in [6.07, 6.45) is 9.13. The third-order valence-corrected chi connectivity index (χ3v) is 7.12. The number of ether oxygens (including phenoxy) is 1. The molecule has 4 heterocycles. The van der Waals surface area contributed by atoms with Gasteiger partial charge < -0.3 is 14.2 Å². The molecule has 38 heavy (non-hydrogen) atoms. The van der Waals surface area contributed by atoms with E-state index in [0.29, 0.717) is 35.4 Å². The molecule has 8 nitrogen and oxygen atoms in total. The van der Waals surface area contributed by atoms with Gasteiger partial charge in [-0.2, -0.15) is 5.26 Å². The fourth-order valence-electron chi connectivity index (χ4n) is 4.70. The highest BCUT2D eigenvalue weighted by atomic mass is 16.5. The number of hydrogen-bond acceptors (Lipinski definition) is 7. The van der Waals surface area contributed by atoms with E-state index >= 15 is 0 Å². The largest absolute Gasteiger partial charge is 0.490 e. The van der Waals surface area contributed by atoms with Crippen molar-refractivity contribution in [3.05, 3.63) is 94.8 Å². The number of hydrogen-bond donors (Lipinski definition) is 0. The molecule has 0 unspecified atom stereocenters. The molecule has 0 N–H and O–H groups in total. The van der Waals surface area contributed by atoms with Crippen molar-refractivity contribution in [1.29, 1.82) is 5.26 Å². The van der Waals surface area contributed by atoms with Crippen LogP contribution < -0.4 is 10.3 Å².